The second kappa shape index (κ2) is 9.67. The number of carbonyl (C=O) groups is 4. The Hall–Kier alpha value is -3.68. The van der Waals surface area contributed by atoms with Crippen LogP contribution in [0.4, 0.5) is 10.5 Å². The van der Waals surface area contributed by atoms with Gasteiger partial charge in [0.15, 0.2) is 0 Å². The van der Waals surface area contributed by atoms with Crippen molar-refractivity contribution >= 4 is 29.4 Å². The molecule has 3 N–H and O–H groups in total. The van der Waals surface area contributed by atoms with Crippen molar-refractivity contribution in [3.05, 3.63) is 65.7 Å². The van der Waals surface area contributed by atoms with E-state index in [1.165, 1.54) is 0 Å². The number of nitrogens with zero attached hydrogens (tertiary/aromatic N) is 1. The van der Waals surface area contributed by atoms with Gasteiger partial charge in [0.25, 0.3) is 11.8 Å². The van der Waals surface area contributed by atoms with Gasteiger partial charge in [-0.15, -0.1) is 0 Å². The van der Waals surface area contributed by atoms with Crippen LogP contribution in [0.25, 0.3) is 0 Å². The lowest BCUT2D eigenvalue weighted by atomic mass is 9.73. The average Bonchev–Trinajstić information content (AvgIpc) is 3.06. The van der Waals surface area contributed by atoms with E-state index in [1.807, 2.05) is 44.2 Å². The number of amides is 5. The zero-order chi connectivity index (χ0) is 24.3. The monoisotopic (exact) mass is 462 g/mol. The number of rotatable bonds is 6. The van der Waals surface area contributed by atoms with Gasteiger partial charge >= 0.3 is 6.03 Å². The molecule has 2 fully saturated rings. The van der Waals surface area contributed by atoms with E-state index >= 15 is 0 Å². The van der Waals surface area contributed by atoms with Crippen LogP contribution in [0.5, 0.6) is 0 Å². The van der Waals surface area contributed by atoms with E-state index in [0.29, 0.717) is 17.7 Å². The first-order valence-corrected chi connectivity index (χ1v) is 11.7. The summed E-state index contributed by atoms with van der Waals surface area (Å²) in [7, 11) is 0. The van der Waals surface area contributed by atoms with Gasteiger partial charge < -0.3 is 16.0 Å². The predicted molar refractivity (Wildman–Crippen MR) is 128 cm³/mol. The fraction of sp³-hybridized carbons (Fsp3) is 0.385. The van der Waals surface area contributed by atoms with E-state index in [-0.39, 0.29) is 23.8 Å². The molecule has 0 radical (unpaired) electrons. The molecule has 2 aliphatic rings. The van der Waals surface area contributed by atoms with Gasteiger partial charge in [0.2, 0.25) is 5.91 Å². The van der Waals surface area contributed by atoms with Crippen molar-refractivity contribution < 1.29 is 19.2 Å². The molecule has 8 heteroatoms. The first kappa shape index (κ1) is 23.5. The van der Waals surface area contributed by atoms with Crippen LogP contribution in [-0.4, -0.2) is 40.7 Å². The predicted octanol–water partition coefficient (Wildman–Crippen LogP) is 3.62. The lowest BCUT2D eigenvalue weighted by molar-refractivity contribution is -0.136. The average molecular weight is 463 g/mol. The first-order valence-electron chi connectivity index (χ1n) is 11.7. The number of nitrogens with one attached hydrogen (secondary N) is 3. The quantitative estimate of drug-likeness (QED) is 0.570. The number of carbonyl (C=O) groups excluding carboxylic acids is 4. The maximum atomic E-state index is 13.1. The van der Waals surface area contributed by atoms with E-state index in [2.05, 4.69) is 16.0 Å². The first-order chi connectivity index (χ1) is 16.3. The summed E-state index contributed by atoms with van der Waals surface area (Å²) in [6, 6.07) is 15.5. The van der Waals surface area contributed by atoms with Crippen LogP contribution in [0, 0.1) is 5.92 Å². The molecule has 1 spiro atoms. The normalized spacial score (nSPS) is 22.9. The Morgan fingerprint density at radius 1 is 1.09 bits per heavy atom. The van der Waals surface area contributed by atoms with Gasteiger partial charge in [-0.05, 0) is 43.4 Å². The maximum absolute atomic E-state index is 13.1. The summed E-state index contributed by atoms with van der Waals surface area (Å²) in [5, 5.41) is 8.49. The Labute approximate surface area is 199 Å². The van der Waals surface area contributed by atoms with Crippen LogP contribution in [0.2, 0.25) is 0 Å². The highest BCUT2D eigenvalue weighted by Crippen LogP contribution is 2.38. The summed E-state index contributed by atoms with van der Waals surface area (Å²) in [5.74, 6) is -1.21. The Bertz CT molecular complexity index is 1100. The molecule has 3 unspecified atom stereocenters. The van der Waals surface area contributed by atoms with Crippen molar-refractivity contribution in [2.45, 2.75) is 51.1 Å². The molecule has 1 saturated heterocycles. The number of para-hydroxylation sites is 1. The Balaban J connectivity index is 1.43. The van der Waals surface area contributed by atoms with E-state index in [0.717, 1.165) is 29.7 Å². The molecule has 3 atom stereocenters. The minimum absolute atomic E-state index is 0.0155. The van der Waals surface area contributed by atoms with Crippen LogP contribution in [0.15, 0.2) is 54.6 Å². The topological polar surface area (TPSA) is 108 Å². The molecular weight excluding hydrogens is 432 g/mol. The van der Waals surface area contributed by atoms with Crippen molar-refractivity contribution in [2.75, 3.05) is 11.9 Å². The van der Waals surface area contributed by atoms with Gasteiger partial charge in [0.1, 0.15) is 12.1 Å². The van der Waals surface area contributed by atoms with Crippen molar-refractivity contribution in [3.8, 4) is 0 Å². The number of anilines is 1. The summed E-state index contributed by atoms with van der Waals surface area (Å²) >= 11 is 0. The van der Waals surface area contributed by atoms with Crippen molar-refractivity contribution in [3.63, 3.8) is 0 Å². The smallest absolute Gasteiger partial charge is 0.325 e. The van der Waals surface area contributed by atoms with E-state index in [9.17, 15) is 19.2 Å². The van der Waals surface area contributed by atoms with Gasteiger partial charge in [-0.2, -0.15) is 0 Å². The van der Waals surface area contributed by atoms with Crippen LogP contribution < -0.4 is 16.0 Å². The number of imide groups is 1. The molecule has 1 saturated carbocycles. The van der Waals surface area contributed by atoms with Gasteiger partial charge in [0, 0.05) is 0 Å². The third-order valence-corrected chi connectivity index (χ3v) is 6.90. The van der Waals surface area contributed by atoms with Crippen LogP contribution in [0.3, 0.4) is 0 Å². The molecule has 0 aromatic heterocycles. The highest BCUT2D eigenvalue weighted by Gasteiger charge is 2.55. The molecule has 5 amide bonds. The van der Waals surface area contributed by atoms with Gasteiger partial charge in [-0.25, -0.2) is 4.79 Å². The fourth-order valence-corrected chi connectivity index (χ4v) is 4.86. The Kier molecular flexibility index (Phi) is 6.68. The minimum Gasteiger partial charge on any atom is -0.345 e. The van der Waals surface area contributed by atoms with Gasteiger partial charge in [0.05, 0.1) is 17.3 Å². The summed E-state index contributed by atoms with van der Waals surface area (Å²) in [4.78, 5) is 52.4. The molecule has 178 valence electrons. The van der Waals surface area contributed by atoms with Crippen molar-refractivity contribution in [1.29, 1.82) is 0 Å². The van der Waals surface area contributed by atoms with Crippen LogP contribution >= 0.6 is 0 Å². The molecule has 2 aromatic carbocycles. The largest absolute Gasteiger partial charge is 0.345 e. The molecule has 34 heavy (non-hydrogen) atoms. The fourth-order valence-electron chi connectivity index (χ4n) is 4.86. The van der Waals surface area contributed by atoms with Crippen molar-refractivity contribution in [1.82, 2.24) is 15.5 Å². The number of urea groups is 1. The molecule has 1 aliphatic heterocycles. The number of hydrogen-bond donors (Lipinski definition) is 3. The third-order valence-electron chi connectivity index (χ3n) is 6.90. The van der Waals surface area contributed by atoms with E-state index in [4.69, 9.17) is 0 Å². The second-order valence-corrected chi connectivity index (χ2v) is 9.14. The third kappa shape index (κ3) is 4.53. The summed E-state index contributed by atoms with van der Waals surface area (Å²) in [6.45, 7) is 3.44. The SMILES string of the molecule is CC(NC(=O)c1ccccc1NC(=O)CN1C(=O)NC2(CCCCC2C)C1=O)c1ccccc1. The van der Waals surface area contributed by atoms with E-state index in [1.54, 1.807) is 24.3 Å². The molecule has 0 bridgehead atoms. The lowest BCUT2D eigenvalue weighted by Crippen LogP contribution is -2.54. The van der Waals surface area contributed by atoms with Crippen LogP contribution in [0.1, 0.15) is 61.5 Å². The number of benzene rings is 2. The van der Waals surface area contributed by atoms with Crippen LogP contribution in [-0.2, 0) is 9.59 Å². The number of hydrogen-bond acceptors (Lipinski definition) is 4. The molecule has 8 nitrogen and oxygen atoms in total. The second-order valence-electron chi connectivity index (χ2n) is 9.14. The lowest BCUT2D eigenvalue weighted by Gasteiger charge is -2.36. The molecular formula is C26H30N4O4. The Morgan fingerprint density at radius 3 is 2.53 bits per heavy atom. The molecule has 1 aliphatic carbocycles. The van der Waals surface area contributed by atoms with Crippen molar-refractivity contribution in [2.24, 2.45) is 5.92 Å². The maximum Gasteiger partial charge on any atom is 0.325 e. The molecule has 2 aromatic rings. The zero-order valence-electron chi connectivity index (χ0n) is 19.5. The Morgan fingerprint density at radius 2 is 1.79 bits per heavy atom. The molecule has 4 rings (SSSR count). The minimum atomic E-state index is -0.916. The van der Waals surface area contributed by atoms with Gasteiger partial charge in [-0.3, -0.25) is 19.3 Å². The zero-order valence-corrected chi connectivity index (χ0v) is 19.5. The summed E-state index contributed by atoms with van der Waals surface area (Å²) in [6.07, 6.45) is 3.32. The molecule has 1 heterocycles. The summed E-state index contributed by atoms with van der Waals surface area (Å²) < 4.78 is 0. The highest BCUT2D eigenvalue weighted by atomic mass is 16.2. The standard InChI is InChI=1S/C26H30N4O4/c1-17-10-8-9-15-26(17)24(33)30(25(34)29-26)16-22(31)28-21-14-7-6-13-20(21)23(32)27-18(2)19-11-4-3-5-12-19/h3-7,11-14,17-18H,8-10,15-16H2,1-2H3,(H,27,32)(H,28,31)(H,29,34). The van der Waals surface area contributed by atoms with Gasteiger partial charge in [-0.1, -0.05) is 62.2 Å². The summed E-state index contributed by atoms with van der Waals surface area (Å²) in [5.41, 5.74) is 0.661. The highest BCUT2D eigenvalue weighted by molar-refractivity contribution is 6.11. The van der Waals surface area contributed by atoms with E-state index < -0.39 is 24.0 Å².